The van der Waals surface area contributed by atoms with Crippen LogP contribution in [-0.2, 0) is 23.8 Å². The molecular formula is C67H114O5. The lowest BCUT2D eigenvalue weighted by atomic mass is 10.1. The third-order valence-corrected chi connectivity index (χ3v) is 12.8. The number of rotatable bonds is 55. The molecule has 0 aromatic heterocycles. The average molecular weight is 1000 g/mol. The third kappa shape index (κ3) is 59.1. The fourth-order valence-corrected chi connectivity index (χ4v) is 8.24. The first kappa shape index (κ1) is 68.6. The summed E-state index contributed by atoms with van der Waals surface area (Å²) in [6.45, 7) is 7.64. The van der Waals surface area contributed by atoms with E-state index in [1.165, 1.54) is 135 Å². The molecule has 5 heteroatoms. The summed E-state index contributed by atoms with van der Waals surface area (Å²) in [4.78, 5) is 25.6. The molecule has 0 aromatic carbocycles. The summed E-state index contributed by atoms with van der Waals surface area (Å²) in [7, 11) is 0. The largest absolute Gasteiger partial charge is 0.462 e. The predicted molar refractivity (Wildman–Crippen MR) is 316 cm³/mol. The summed E-state index contributed by atoms with van der Waals surface area (Å²) in [6, 6.07) is 0. The zero-order chi connectivity index (χ0) is 52.0. The molecule has 0 saturated carbocycles. The van der Waals surface area contributed by atoms with Gasteiger partial charge in [-0.3, -0.25) is 9.59 Å². The molecule has 0 rings (SSSR count). The van der Waals surface area contributed by atoms with Gasteiger partial charge in [-0.2, -0.15) is 0 Å². The summed E-state index contributed by atoms with van der Waals surface area (Å²) in [5, 5.41) is 0. The van der Waals surface area contributed by atoms with Crippen molar-refractivity contribution in [1.82, 2.24) is 0 Å². The maximum absolute atomic E-state index is 12.9. The van der Waals surface area contributed by atoms with Crippen LogP contribution in [0.3, 0.4) is 0 Å². The Morgan fingerprint density at radius 2 is 0.625 bits per heavy atom. The highest BCUT2D eigenvalue weighted by molar-refractivity contribution is 5.70. The molecule has 0 bridgehead atoms. The number of hydrogen-bond donors (Lipinski definition) is 0. The van der Waals surface area contributed by atoms with Gasteiger partial charge in [0, 0.05) is 19.4 Å². The third-order valence-electron chi connectivity index (χ3n) is 12.8. The quantitative estimate of drug-likeness (QED) is 0.0345. The number of carbonyl (C=O) groups is 2. The molecule has 72 heavy (non-hydrogen) atoms. The number of ether oxygens (including phenoxy) is 3. The molecule has 0 fully saturated rings. The van der Waals surface area contributed by atoms with Gasteiger partial charge < -0.3 is 14.2 Å². The van der Waals surface area contributed by atoms with E-state index in [0.717, 1.165) is 109 Å². The lowest BCUT2D eigenvalue weighted by Crippen LogP contribution is -2.30. The van der Waals surface area contributed by atoms with Crippen molar-refractivity contribution >= 4 is 11.9 Å². The van der Waals surface area contributed by atoms with Gasteiger partial charge in [-0.25, -0.2) is 0 Å². The van der Waals surface area contributed by atoms with Crippen molar-refractivity contribution in [3.8, 4) is 0 Å². The molecule has 1 unspecified atom stereocenters. The van der Waals surface area contributed by atoms with Crippen LogP contribution in [0.2, 0.25) is 0 Å². The first-order valence-electron chi connectivity index (χ1n) is 30.4. The lowest BCUT2D eigenvalue weighted by Gasteiger charge is -2.18. The van der Waals surface area contributed by atoms with E-state index >= 15 is 0 Å². The molecule has 1 atom stereocenters. The zero-order valence-corrected chi connectivity index (χ0v) is 47.4. The summed E-state index contributed by atoms with van der Waals surface area (Å²) in [5.74, 6) is -0.428. The van der Waals surface area contributed by atoms with E-state index in [0.29, 0.717) is 19.4 Å². The van der Waals surface area contributed by atoms with Gasteiger partial charge >= 0.3 is 11.9 Å². The first-order chi connectivity index (χ1) is 35.6. The molecule has 0 aromatic rings. The van der Waals surface area contributed by atoms with Crippen LogP contribution in [0, 0.1) is 0 Å². The second-order valence-electron chi connectivity index (χ2n) is 19.9. The SMILES string of the molecule is CC/C=C\C/C=C\C/C=C\CCCCCCCCCCOCC(COC(=O)CCCCCCCC/C=C\C/C=C\C/C=C\CCCCC)OC(=O)CCCCCCCC/C=C\C/C=C\C/C=C\CCCCC. The van der Waals surface area contributed by atoms with Crippen LogP contribution in [0.4, 0.5) is 0 Å². The molecule has 0 aliphatic carbocycles. The van der Waals surface area contributed by atoms with Crippen molar-refractivity contribution in [1.29, 1.82) is 0 Å². The topological polar surface area (TPSA) is 61.8 Å². The summed E-state index contributed by atoms with van der Waals surface area (Å²) < 4.78 is 17.5. The molecule has 0 saturated heterocycles. The van der Waals surface area contributed by atoms with Gasteiger partial charge in [0.15, 0.2) is 6.10 Å². The van der Waals surface area contributed by atoms with Gasteiger partial charge in [0.2, 0.25) is 0 Å². The molecule has 0 radical (unpaired) electrons. The van der Waals surface area contributed by atoms with Crippen LogP contribution in [0.25, 0.3) is 0 Å². The van der Waals surface area contributed by atoms with Crippen molar-refractivity contribution in [3.05, 3.63) is 109 Å². The Morgan fingerprint density at radius 1 is 0.319 bits per heavy atom. The Bertz CT molecular complexity index is 1410. The Morgan fingerprint density at radius 3 is 1.00 bits per heavy atom. The van der Waals surface area contributed by atoms with Gasteiger partial charge in [0.25, 0.3) is 0 Å². The molecular weight excluding hydrogens is 885 g/mol. The van der Waals surface area contributed by atoms with Crippen LogP contribution in [0.15, 0.2) is 109 Å². The smallest absolute Gasteiger partial charge is 0.306 e. The monoisotopic (exact) mass is 999 g/mol. The maximum Gasteiger partial charge on any atom is 0.306 e. The van der Waals surface area contributed by atoms with E-state index in [4.69, 9.17) is 14.2 Å². The van der Waals surface area contributed by atoms with Crippen molar-refractivity contribution in [3.63, 3.8) is 0 Å². The van der Waals surface area contributed by atoms with Crippen molar-refractivity contribution in [2.75, 3.05) is 19.8 Å². The van der Waals surface area contributed by atoms with Crippen LogP contribution >= 0.6 is 0 Å². The highest BCUT2D eigenvalue weighted by Gasteiger charge is 2.17. The van der Waals surface area contributed by atoms with Crippen molar-refractivity contribution in [2.45, 2.75) is 284 Å². The fourth-order valence-electron chi connectivity index (χ4n) is 8.24. The van der Waals surface area contributed by atoms with Gasteiger partial charge in [-0.05, 0) is 128 Å². The number of hydrogen-bond acceptors (Lipinski definition) is 5. The zero-order valence-electron chi connectivity index (χ0n) is 47.4. The Kier molecular flexibility index (Phi) is 58.9. The normalized spacial score (nSPS) is 13.0. The molecule has 5 nitrogen and oxygen atoms in total. The van der Waals surface area contributed by atoms with Gasteiger partial charge in [-0.1, -0.05) is 246 Å². The standard InChI is InChI=1S/C67H114O5/c1-4-7-10-13-16-19-22-25-28-31-34-36-39-42-45-48-51-54-57-60-66(68)71-64-65(63-70-62-59-56-53-50-47-44-41-38-33-30-27-24-21-18-15-12-9-6-3)72-67(69)61-58-55-52-49-46-43-40-37-35-32-29-26-23-20-17-14-11-8-5-2/h9,12,16-21,25-30,34-37,65H,4-8,10-11,13-15,22-24,31-33,38-64H2,1-3H3/b12-9-,19-16-,20-17-,21-18-,28-25-,29-26-,30-27-,36-34-,37-35-. The number of carbonyl (C=O) groups excluding carboxylic acids is 2. The Labute approximate surface area is 446 Å². The van der Waals surface area contributed by atoms with E-state index in [1.807, 2.05) is 0 Å². The summed E-state index contributed by atoms with van der Waals surface area (Å²) in [6.07, 6.45) is 85.4. The van der Waals surface area contributed by atoms with Crippen molar-refractivity contribution < 1.29 is 23.8 Å². The lowest BCUT2D eigenvalue weighted by molar-refractivity contribution is -0.163. The minimum Gasteiger partial charge on any atom is -0.462 e. The van der Waals surface area contributed by atoms with Crippen LogP contribution in [0.1, 0.15) is 278 Å². The molecule has 0 N–H and O–H groups in total. The molecule has 412 valence electrons. The molecule has 0 aliphatic heterocycles. The minimum atomic E-state index is -0.561. The Hall–Kier alpha value is -3.44. The van der Waals surface area contributed by atoms with E-state index in [1.54, 1.807) is 0 Å². The van der Waals surface area contributed by atoms with Gasteiger partial charge in [-0.15, -0.1) is 0 Å². The van der Waals surface area contributed by atoms with Crippen LogP contribution in [0.5, 0.6) is 0 Å². The van der Waals surface area contributed by atoms with Crippen molar-refractivity contribution in [2.24, 2.45) is 0 Å². The molecule has 0 amide bonds. The van der Waals surface area contributed by atoms with Crippen LogP contribution in [-0.4, -0.2) is 37.9 Å². The van der Waals surface area contributed by atoms with E-state index in [9.17, 15) is 9.59 Å². The predicted octanol–water partition coefficient (Wildman–Crippen LogP) is 21.1. The molecule has 0 aliphatic rings. The number of esters is 2. The van der Waals surface area contributed by atoms with E-state index in [2.05, 4.69) is 130 Å². The summed E-state index contributed by atoms with van der Waals surface area (Å²) >= 11 is 0. The number of allylic oxidation sites excluding steroid dienone is 18. The van der Waals surface area contributed by atoms with E-state index in [-0.39, 0.29) is 25.2 Å². The highest BCUT2D eigenvalue weighted by atomic mass is 16.6. The average Bonchev–Trinajstić information content (AvgIpc) is 3.38. The van der Waals surface area contributed by atoms with Gasteiger partial charge in [0.1, 0.15) is 6.61 Å². The highest BCUT2D eigenvalue weighted by Crippen LogP contribution is 2.14. The fraction of sp³-hybridized carbons (Fsp3) is 0.701. The van der Waals surface area contributed by atoms with Crippen LogP contribution < -0.4 is 0 Å². The minimum absolute atomic E-state index is 0.0646. The summed E-state index contributed by atoms with van der Waals surface area (Å²) in [5.41, 5.74) is 0. The second-order valence-corrected chi connectivity index (χ2v) is 19.9. The molecule has 0 heterocycles. The van der Waals surface area contributed by atoms with E-state index < -0.39 is 6.10 Å². The van der Waals surface area contributed by atoms with Gasteiger partial charge in [0.05, 0.1) is 6.61 Å². The first-order valence-corrected chi connectivity index (χ1v) is 30.4. The maximum atomic E-state index is 12.9. The second kappa shape index (κ2) is 61.9. The Balaban J connectivity index is 4.36. The molecule has 0 spiro atoms. The number of unbranched alkanes of at least 4 members (excludes halogenated alkanes) is 26.